The van der Waals surface area contributed by atoms with E-state index in [1.165, 1.54) is 6.92 Å². The van der Waals surface area contributed by atoms with Gasteiger partial charge in [0, 0.05) is 12.0 Å². The second-order valence-electron chi connectivity index (χ2n) is 2.69. The quantitative estimate of drug-likeness (QED) is 0.194. The van der Waals surface area contributed by atoms with Gasteiger partial charge >= 0.3 is 5.97 Å². The lowest BCUT2D eigenvalue weighted by Crippen LogP contribution is -2.38. The van der Waals surface area contributed by atoms with Crippen LogP contribution in [0.25, 0.3) is 0 Å². The maximum absolute atomic E-state index is 10.8. The van der Waals surface area contributed by atoms with E-state index in [2.05, 4.69) is 11.3 Å². The lowest BCUT2D eigenvalue weighted by molar-refractivity contribution is -1.37. The zero-order chi connectivity index (χ0) is 10.5. The fourth-order valence-electron chi connectivity index (χ4n) is 0.565. The number of nitrogens with zero attached hydrogens (tertiary/aromatic N) is 1. The third kappa shape index (κ3) is 7.41. The van der Waals surface area contributed by atoms with Crippen molar-refractivity contribution in [1.82, 2.24) is 0 Å². The highest BCUT2D eigenvalue weighted by atomic mass is 17.1. The van der Waals surface area contributed by atoms with E-state index in [0.29, 0.717) is 0 Å². The van der Waals surface area contributed by atoms with Crippen molar-refractivity contribution in [3.63, 3.8) is 0 Å². The van der Waals surface area contributed by atoms with Crippen LogP contribution >= 0.6 is 0 Å². The van der Waals surface area contributed by atoms with Crippen molar-refractivity contribution in [2.45, 2.75) is 13.3 Å². The molecule has 0 aromatic heterocycles. The van der Waals surface area contributed by atoms with Gasteiger partial charge in [-0.05, 0) is 6.92 Å². The summed E-state index contributed by atoms with van der Waals surface area (Å²) in [5.41, 5.74) is 0.276. The lowest BCUT2D eigenvalue weighted by Gasteiger charge is -2.11. The van der Waals surface area contributed by atoms with E-state index >= 15 is 0 Å². The number of ether oxygens (including phenoxy) is 1. The average molecular weight is 192 g/mol. The van der Waals surface area contributed by atoms with Gasteiger partial charge in [-0.1, -0.05) is 6.58 Å². The van der Waals surface area contributed by atoms with Crippen LogP contribution in [0.15, 0.2) is 12.2 Å². The van der Waals surface area contributed by atoms with Crippen molar-refractivity contribution >= 4 is 5.97 Å². The summed E-state index contributed by atoms with van der Waals surface area (Å²) in [5, 5.41) is 25.1. The molecule has 0 amide bonds. The summed E-state index contributed by atoms with van der Waals surface area (Å²) < 4.78 is 4.62. The van der Waals surface area contributed by atoms with Gasteiger partial charge in [-0.15, -0.1) is 15.6 Å². The molecular weight excluding hydrogens is 178 g/mol. The van der Waals surface area contributed by atoms with Crippen molar-refractivity contribution in [2.75, 3.05) is 13.2 Å². The molecule has 0 unspecified atom stereocenters. The van der Waals surface area contributed by atoms with Crippen LogP contribution in [0.4, 0.5) is 0 Å². The minimum absolute atomic E-state index is 0.00731. The van der Waals surface area contributed by atoms with E-state index in [1.807, 2.05) is 0 Å². The maximum Gasteiger partial charge on any atom is 0.333 e. The molecule has 0 radical (unpaired) electrons. The number of hydrogen-bond acceptors (Lipinski definition) is 5. The van der Waals surface area contributed by atoms with Crippen LogP contribution in [0, 0.1) is 0 Å². The van der Waals surface area contributed by atoms with Crippen LogP contribution in [-0.2, 0) is 9.53 Å². The Morgan fingerprint density at radius 3 is 2.38 bits per heavy atom. The Hall–Kier alpha value is -0.950. The molecule has 0 heterocycles. The summed E-state index contributed by atoms with van der Waals surface area (Å²) in [6.07, 6.45) is 0.141. The fraction of sp³-hybridized carbons (Fsp3) is 0.571. The molecule has 0 aliphatic carbocycles. The van der Waals surface area contributed by atoms with Crippen molar-refractivity contribution in [3.05, 3.63) is 12.2 Å². The first-order valence-corrected chi connectivity index (χ1v) is 3.72. The predicted molar refractivity (Wildman–Crippen MR) is 40.9 cm³/mol. The molecule has 0 aliphatic rings. The van der Waals surface area contributed by atoms with E-state index in [9.17, 15) is 4.79 Å². The molecule has 0 saturated heterocycles. The summed E-state index contributed by atoms with van der Waals surface area (Å²) in [6.45, 7) is 4.54. The first-order chi connectivity index (χ1) is 5.83. The Balaban J connectivity index is 3.47. The maximum atomic E-state index is 10.8. The molecule has 0 bridgehead atoms. The van der Waals surface area contributed by atoms with Crippen LogP contribution in [0.3, 0.4) is 0 Å². The molecule has 0 aromatic rings. The van der Waals surface area contributed by atoms with Gasteiger partial charge in [-0.3, -0.25) is 0 Å². The summed E-state index contributed by atoms with van der Waals surface area (Å²) in [7, 11) is 0. The molecular formula is C7H14NO5+. The van der Waals surface area contributed by atoms with E-state index in [-0.39, 0.29) is 25.1 Å². The molecule has 0 saturated carbocycles. The van der Waals surface area contributed by atoms with E-state index in [0.717, 1.165) is 0 Å². The van der Waals surface area contributed by atoms with Gasteiger partial charge in [0.2, 0.25) is 0 Å². The Kier molecular flexibility index (Phi) is 4.57. The zero-order valence-electron chi connectivity index (χ0n) is 7.43. The predicted octanol–water partition coefficient (Wildman–Crippen LogP) is 0.480. The standard InChI is InChI=1S/C7H14NO5/c1-6(2)7(9)13-5-3-4-8(10,11)12/h10-12H,1,3-5H2,2H3/q+1. The first kappa shape index (κ1) is 12.0. The Morgan fingerprint density at radius 2 is 2.00 bits per heavy atom. The third-order valence-corrected chi connectivity index (χ3v) is 1.18. The Labute approximate surface area is 75.7 Å². The van der Waals surface area contributed by atoms with Crippen molar-refractivity contribution in [3.8, 4) is 0 Å². The second-order valence-corrected chi connectivity index (χ2v) is 2.69. The molecule has 0 rings (SSSR count). The van der Waals surface area contributed by atoms with Crippen molar-refractivity contribution in [2.24, 2.45) is 0 Å². The van der Waals surface area contributed by atoms with Crippen LogP contribution in [0.2, 0.25) is 0 Å². The molecule has 76 valence electrons. The SMILES string of the molecule is C=C(C)C(=O)OCCC[N+](O)(O)O. The molecule has 0 aromatic carbocycles. The molecule has 0 fully saturated rings. The number of esters is 1. The highest BCUT2D eigenvalue weighted by Crippen LogP contribution is 1.96. The normalized spacial score (nSPS) is 11.1. The van der Waals surface area contributed by atoms with Crippen molar-refractivity contribution in [1.29, 1.82) is 0 Å². The summed E-state index contributed by atoms with van der Waals surface area (Å²) in [4.78, 5) is 8.65. The lowest BCUT2D eigenvalue weighted by atomic mass is 10.4. The van der Waals surface area contributed by atoms with Crippen LogP contribution < -0.4 is 0 Å². The molecule has 6 heteroatoms. The average Bonchev–Trinajstić information content (AvgIpc) is 1.95. The molecule has 13 heavy (non-hydrogen) atoms. The van der Waals surface area contributed by atoms with Gasteiger partial charge in [0.05, 0.1) is 11.6 Å². The summed E-state index contributed by atoms with van der Waals surface area (Å²) >= 11 is 0. The van der Waals surface area contributed by atoms with Gasteiger partial charge in [0.25, 0.3) is 0 Å². The second kappa shape index (κ2) is 4.93. The monoisotopic (exact) mass is 192 g/mol. The number of carbonyl (C=O) groups is 1. The number of hydroxylamine groups is 3. The van der Waals surface area contributed by atoms with Crippen molar-refractivity contribution < 1.29 is 30.1 Å². The van der Waals surface area contributed by atoms with Crippen LogP contribution in [0.5, 0.6) is 0 Å². The van der Waals surface area contributed by atoms with E-state index < -0.39 is 10.9 Å². The highest BCUT2D eigenvalue weighted by molar-refractivity contribution is 5.86. The van der Waals surface area contributed by atoms with Crippen LogP contribution in [-0.4, -0.2) is 39.7 Å². The van der Waals surface area contributed by atoms with Gasteiger partial charge in [-0.2, -0.15) is 0 Å². The smallest absolute Gasteiger partial charge is 0.333 e. The molecule has 0 aliphatic heterocycles. The largest absolute Gasteiger partial charge is 0.462 e. The number of carbonyl (C=O) groups excluding carboxylic acids is 1. The number of quaternary nitrogens is 1. The van der Waals surface area contributed by atoms with E-state index in [1.54, 1.807) is 0 Å². The molecule has 3 N–H and O–H groups in total. The molecule has 0 spiro atoms. The Morgan fingerprint density at radius 1 is 1.46 bits per heavy atom. The first-order valence-electron chi connectivity index (χ1n) is 3.72. The van der Waals surface area contributed by atoms with Gasteiger partial charge in [-0.25, -0.2) is 4.79 Å². The zero-order valence-corrected chi connectivity index (χ0v) is 7.43. The molecule has 6 nitrogen and oxygen atoms in total. The highest BCUT2D eigenvalue weighted by Gasteiger charge is 2.17. The van der Waals surface area contributed by atoms with Gasteiger partial charge in [0.15, 0.2) is 6.54 Å². The number of rotatable bonds is 5. The summed E-state index contributed by atoms with van der Waals surface area (Å²) in [5.74, 6) is -0.535. The molecule has 0 atom stereocenters. The Bertz CT molecular complexity index is 196. The topological polar surface area (TPSA) is 87.0 Å². The fourth-order valence-corrected chi connectivity index (χ4v) is 0.565. The van der Waals surface area contributed by atoms with Crippen LogP contribution in [0.1, 0.15) is 13.3 Å². The minimum atomic E-state index is -2.11. The van der Waals surface area contributed by atoms with Gasteiger partial charge in [0.1, 0.15) is 0 Å². The van der Waals surface area contributed by atoms with E-state index in [4.69, 9.17) is 15.6 Å². The third-order valence-electron chi connectivity index (χ3n) is 1.18. The summed E-state index contributed by atoms with van der Waals surface area (Å²) in [6, 6.07) is 0. The van der Waals surface area contributed by atoms with Gasteiger partial charge < -0.3 is 4.74 Å². The number of hydrogen-bond donors (Lipinski definition) is 3. The minimum Gasteiger partial charge on any atom is -0.462 e.